The van der Waals surface area contributed by atoms with Crippen LogP contribution in [0, 0.1) is 0 Å². The number of hydrogen-bond acceptors (Lipinski definition) is 6. The number of hydrogen-bond donors (Lipinski definition) is 1. The number of ether oxygens (including phenoxy) is 1. The van der Waals surface area contributed by atoms with Crippen molar-refractivity contribution in [2.45, 2.75) is 26.4 Å². The van der Waals surface area contributed by atoms with Crippen LogP contribution in [0.5, 0.6) is 0 Å². The van der Waals surface area contributed by atoms with E-state index in [1.165, 1.54) is 4.68 Å². The number of halogens is 1. The highest BCUT2D eigenvalue weighted by Gasteiger charge is 2.18. The lowest BCUT2D eigenvalue weighted by atomic mass is 10.1. The molecule has 134 valence electrons. The van der Waals surface area contributed by atoms with Crippen LogP contribution in [0.3, 0.4) is 0 Å². The minimum absolute atomic E-state index is 0.182. The summed E-state index contributed by atoms with van der Waals surface area (Å²) in [6.45, 7) is 5.43. The number of rotatable bonds is 3. The number of aromatic nitrogens is 4. The van der Waals surface area contributed by atoms with Gasteiger partial charge in [-0.05, 0) is 56.1 Å². The van der Waals surface area contributed by atoms with Gasteiger partial charge in [0, 0.05) is 23.6 Å². The molecule has 26 heavy (non-hydrogen) atoms. The SMILES string of the molecule is CC(C)(C)OC(=O)n1cc(-c2ccc(Nc3ccnc(Cl)n3)cc2)cn1. The molecule has 0 atom stereocenters. The van der Waals surface area contributed by atoms with Crippen molar-refractivity contribution in [3.63, 3.8) is 0 Å². The average Bonchev–Trinajstić information content (AvgIpc) is 3.04. The lowest BCUT2D eigenvalue weighted by molar-refractivity contribution is 0.0514. The van der Waals surface area contributed by atoms with Crippen LogP contribution in [0.15, 0.2) is 48.9 Å². The Morgan fingerprint density at radius 2 is 1.88 bits per heavy atom. The van der Waals surface area contributed by atoms with Gasteiger partial charge in [0.1, 0.15) is 11.4 Å². The maximum absolute atomic E-state index is 12.0. The third kappa shape index (κ3) is 4.58. The lowest BCUT2D eigenvalue weighted by Crippen LogP contribution is -2.27. The highest BCUT2D eigenvalue weighted by Crippen LogP contribution is 2.23. The predicted octanol–water partition coefficient (Wildman–Crippen LogP) is 4.52. The van der Waals surface area contributed by atoms with Gasteiger partial charge in [-0.15, -0.1) is 0 Å². The molecule has 3 aromatic rings. The molecule has 0 aliphatic heterocycles. The Morgan fingerprint density at radius 3 is 2.54 bits per heavy atom. The van der Waals surface area contributed by atoms with Crippen molar-refractivity contribution in [2.24, 2.45) is 0 Å². The zero-order valence-electron chi connectivity index (χ0n) is 14.6. The number of carbonyl (C=O) groups is 1. The molecule has 0 fully saturated rings. The Hall–Kier alpha value is -2.93. The third-order valence-corrected chi connectivity index (χ3v) is 3.46. The van der Waals surface area contributed by atoms with Crippen molar-refractivity contribution in [1.29, 1.82) is 0 Å². The van der Waals surface area contributed by atoms with Crippen LogP contribution in [0.25, 0.3) is 11.1 Å². The molecule has 0 radical (unpaired) electrons. The van der Waals surface area contributed by atoms with Crippen LogP contribution < -0.4 is 5.32 Å². The fourth-order valence-electron chi connectivity index (χ4n) is 2.18. The molecule has 2 aromatic heterocycles. The first-order valence-electron chi connectivity index (χ1n) is 7.94. The van der Waals surface area contributed by atoms with Gasteiger partial charge in [-0.2, -0.15) is 9.78 Å². The van der Waals surface area contributed by atoms with Crippen LogP contribution in [-0.4, -0.2) is 31.4 Å². The zero-order chi connectivity index (χ0) is 18.7. The summed E-state index contributed by atoms with van der Waals surface area (Å²) in [5, 5.41) is 7.40. The minimum Gasteiger partial charge on any atom is -0.442 e. The fourth-order valence-corrected chi connectivity index (χ4v) is 2.33. The standard InChI is InChI=1S/C18H18ClN5O2/c1-18(2,3)26-17(25)24-11-13(10-21-24)12-4-6-14(7-5-12)22-15-8-9-20-16(19)23-15/h4-11H,1-3H3,(H,20,22,23). The topological polar surface area (TPSA) is 81.9 Å². The second kappa shape index (κ2) is 7.13. The van der Waals surface area contributed by atoms with E-state index < -0.39 is 11.7 Å². The fraction of sp³-hybridized carbons (Fsp3) is 0.222. The van der Waals surface area contributed by atoms with Crippen LogP contribution in [0.4, 0.5) is 16.3 Å². The summed E-state index contributed by atoms with van der Waals surface area (Å²) in [7, 11) is 0. The molecule has 0 saturated heterocycles. The smallest absolute Gasteiger partial charge is 0.435 e. The zero-order valence-corrected chi connectivity index (χ0v) is 15.4. The van der Waals surface area contributed by atoms with E-state index in [9.17, 15) is 4.79 Å². The van der Waals surface area contributed by atoms with Crippen molar-refractivity contribution < 1.29 is 9.53 Å². The molecule has 0 spiro atoms. The summed E-state index contributed by atoms with van der Waals surface area (Å²) in [6.07, 6.45) is 4.33. The summed E-state index contributed by atoms with van der Waals surface area (Å²) in [5.74, 6) is 0.607. The first-order chi connectivity index (χ1) is 12.3. The van der Waals surface area contributed by atoms with Crippen molar-refractivity contribution in [3.05, 3.63) is 54.2 Å². The Labute approximate surface area is 156 Å². The Balaban J connectivity index is 1.72. The molecule has 8 heteroatoms. The third-order valence-electron chi connectivity index (χ3n) is 3.28. The minimum atomic E-state index is -0.569. The molecule has 3 rings (SSSR count). The van der Waals surface area contributed by atoms with Gasteiger partial charge < -0.3 is 10.1 Å². The van der Waals surface area contributed by atoms with Crippen LogP contribution in [0.1, 0.15) is 20.8 Å². The summed E-state index contributed by atoms with van der Waals surface area (Å²) >= 11 is 5.77. The maximum atomic E-state index is 12.0. The maximum Gasteiger partial charge on any atom is 0.435 e. The number of nitrogens with one attached hydrogen (secondary N) is 1. The van der Waals surface area contributed by atoms with Crippen LogP contribution in [-0.2, 0) is 4.74 Å². The van der Waals surface area contributed by atoms with Gasteiger partial charge in [0.25, 0.3) is 0 Å². The normalized spacial score (nSPS) is 11.2. The lowest BCUT2D eigenvalue weighted by Gasteiger charge is -2.18. The van der Waals surface area contributed by atoms with Crippen molar-refractivity contribution in [2.75, 3.05) is 5.32 Å². The molecule has 0 amide bonds. The van der Waals surface area contributed by atoms with Crippen LogP contribution in [0.2, 0.25) is 5.28 Å². The second-order valence-corrected chi connectivity index (χ2v) is 6.91. The van der Waals surface area contributed by atoms with E-state index >= 15 is 0 Å². The van der Waals surface area contributed by atoms with Crippen LogP contribution >= 0.6 is 11.6 Å². The van der Waals surface area contributed by atoms with Gasteiger partial charge in [-0.25, -0.2) is 14.8 Å². The van der Waals surface area contributed by atoms with E-state index in [0.29, 0.717) is 5.82 Å². The number of anilines is 2. The molecule has 1 N–H and O–H groups in total. The first-order valence-corrected chi connectivity index (χ1v) is 8.32. The largest absolute Gasteiger partial charge is 0.442 e. The van der Waals surface area contributed by atoms with Crippen molar-refractivity contribution in [3.8, 4) is 11.1 Å². The van der Waals surface area contributed by atoms with Gasteiger partial charge in [0.15, 0.2) is 0 Å². The molecule has 0 aliphatic rings. The molecule has 7 nitrogen and oxygen atoms in total. The summed E-state index contributed by atoms with van der Waals surface area (Å²) in [6, 6.07) is 9.36. The van der Waals surface area contributed by atoms with Gasteiger partial charge in [-0.3, -0.25) is 0 Å². The number of nitrogens with zero attached hydrogens (tertiary/aromatic N) is 4. The van der Waals surface area contributed by atoms with Gasteiger partial charge in [0.2, 0.25) is 5.28 Å². The van der Waals surface area contributed by atoms with Gasteiger partial charge >= 0.3 is 6.09 Å². The van der Waals surface area contributed by atoms with E-state index in [4.69, 9.17) is 16.3 Å². The quantitative estimate of drug-likeness (QED) is 0.681. The highest BCUT2D eigenvalue weighted by molar-refractivity contribution is 6.28. The monoisotopic (exact) mass is 371 g/mol. The van der Waals surface area contributed by atoms with E-state index in [-0.39, 0.29) is 5.28 Å². The molecule has 2 heterocycles. The summed E-state index contributed by atoms with van der Waals surface area (Å²) in [5.41, 5.74) is 2.02. The molecule has 1 aromatic carbocycles. The Morgan fingerprint density at radius 1 is 1.15 bits per heavy atom. The first kappa shape index (κ1) is 17.9. The van der Waals surface area contributed by atoms with E-state index in [2.05, 4.69) is 20.4 Å². The summed E-state index contributed by atoms with van der Waals surface area (Å²) < 4.78 is 6.49. The van der Waals surface area contributed by atoms with Crippen molar-refractivity contribution in [1.82, 2.24) is 19.7 Å². The highest BCUT2D eigenvalue weighted by atomic mass is 35.5. The average molecular weight is 372 g/mol. The van der Waals surface area contributed by atoms with E-state index in [1.54, 1.807) is 24.7 Å². The van der Waals surface area contributed by atoms with E-state index in [1.807, 2.05) is 45.0 Å². The Kier molecular flexibility index (Phi) is 4.90. The van der Waals surface area contributed by atoms with E-state index in [0.717, 1.165) is 16.8 Å². The van der Waals surface area contributed by atoms with Gasteiger partial charge in [0.05, 0.1) is 6.20 Å². The molecular formula is C18H18ClN5O2. The summed E-state index contributed by atoms with van der Waals surface area (Å²) in [4.78, 5) is 20.0. The molecule has 0 bridgehead atoms. The van der Waals surface area contributed by atoms with Crippen molar-refractivity contribution >= 4 is 29.2 Å². The number of carbonyl (C=O) groups excluding carboxylic acids is 1. The Bertz CT molecular complexity index is 916. The second-order valence-electron chi connectivity index (χ2n) is 6.57. The molecule has 0 saturated carbocycles. The number of benzene rings is 1. The molecule has 0 aliphatic carbocycles. The molecule has 0 unspecified atom stereocenters. The predicted molar refractivity (Wildman–Crippen MR) is 99.6 cm³/mol. The van der Waals surface area contributed by atoms with Gasteiger partial charge in [-0.1, -0.05) is 12.1 Å². The molecular weight excluding hydrogens is 354 g/mol.